The summed E-state index contributed by atoms with van der Waals surface area (Å²) in [6, 6.07) is 15.8. The molecule has 0 radical (unpaired) electrons. The van der Waals surface area contributed by atoms with E-state index in [0.29, 0.717) is 19.4 Å². The minimum absolute atomic E-state index is 0.202. The first-order chi connectivity index (χ1) is 12.5. The zero-order valence-electron chi connectivity index (χ0n) is 15.3. The predicted octanol–water partition coefficient (Wildman–Crippen LogP) is 3.18. The quantitative estimate of drug-likeness (QED) is 0.611. The molecule has 2 unspecified atom stereocenters. The van der Waals surface area contributed by atoms with Gasteiger partial charge in [-0.15, -0.1) is 0 Å². The van der Waals surface area contributed by atoms with Crippen LogP contribution in [0, 0.1) is 0 Å². The summed E-state index contributed by atoms with van der Waals surface area (Å²) in [5, 5.41) is 27.8. The Morgan fingerprint density at radius 1 is 0.962 bits per heavy atom. The Morgan fingerprint density at radius 3 is 2.08 bits per heavy atom. The predicted molar refractivity (Wildman–Crippen MR) is 104 cm³/mol. The van der Waals surface area contributed by atoms with Gasteiger partial charge in [-0.3, -0.25) is 0 Å². The van der Waals surface area contributed by atoms with E-state index in [9.17, 15) is 10.2 Å². The standard InChI is InChI=1S/C22H28O4/c1-3-20(24)15-26-22-12-9-19(10-13-22)16(2)18-7-4-17(5-8-18)6-11-21(25)14-23/h4-5,7-10,12-13,20-21,23-25H,2-3,6,11,14-15H2,1H3. The first-order valence-corrected chi connectivity index (χ1v) is 9.02. The van der Waals surface area contributed by atoms with Crippen molar-refractivity contribution < 1.29 is 20.1 Å². The van der Waals surface area contributed by atoms with E-state index < -0.39 is 12.2 Å². The van der Waals surface area contributed by atoms with Gasteiger partial charge in [0, 0.05) is 0 Å². The molecule has 0 heterocycles. The average molecular weight is 356 g/mol. The number of hydrogen-bond acceptors (Lipinski definition) is 4. The molecule has 0 amide bonds. The summed E-state index contributed by atoms with van der Waals surface area (Å²) in [4.78, 5) is 0. The highest BCUT2D eigenvalue weighted by molar-refractivity contribution is 5.78. The molecule has 2 atom stereocenters. The van der Waals surface area contributed by atoms with E-state index in [2.05, 4.69) is 6.58 Å². The lowest BCUT2D eigenvalue weighted by Crippen LogP contribution is -2.15. The molecule has 0 saturated carbocycles. The SMILES string of the molecule is C=C(c1ccc(CCC(O)CO)cc1)c1ccc(OCC(O)CC)cc1. The summed E-state index contributed by atoms with van der Waals surface area (Å²) in [6.45, 7) is 6.19. The molecule has 0 bridgehead atoms. The number of aryl methyl sites for hydroxylation is 1. The van der Waals surface area contributed by atoms with Crippen LogP contribution in [0.4, 0.5) is 0 Å². The fraction of sp³-hybridized carbons (Fsp3) is 0.364. The van der Waals surface area contributed by atoms with E-state index in [1.807, 2.05) is 55.5 Å². The minimum Gasteiger partial charge on any atom is -0.491 e. The molecule has 0 aliphatic heterocycles. The van der Waals surface area contributed by atoms with Crippen LogP contribution in [0.5, 0.6) is 5.75 Å². The molecule has 4 nitrogen and oxygen atoms in total. The van der Waals surface area contributed by atoms with Crippen molar-refractivity contribution in [3.63, 3.8) is 0 Å². The van der Waals surface area contributed by atoms with Gasteiger partial charge in [-0.25, -0.2) is 0 Å². The van der Waals surface area contributed by atoms with Crippen LogP contribution in [-0.4, -0.2) is 40.7 Å². The first-order valence-electron chi connectivity index (χ1n) is 9.02. The normalized spacial score (nSPS) is 13.2. The Morgan fingerprint density at radius 2 is 1.54 bits per heavy atom. The number of benzene rings is 2. The van der Waals surface area contributed by atoms with Crippen molar-refractivity contribution in [2.75, 3.05) is 13.2 Å². The Labute approximate surface area is 155 Å². The van der Waals surface area contributed by atoms with Crippen LogP contribution < -0.4 is 4.74 Å². The van der Waals surface area contributed by atoms with Crippen LogP contribution in [0.15, 0.2) is 55.1 Å². The van der Waals surface area contributed by atoms with Crippen LogP contribution in [-0.2, 0) is 6.42 Å². The highest BCUT2D eigenvalue weighted by Gasteiger charge is 2.06. The van der Waals surface area contributed by atoms with Crippen LogP contribution in [0.25, 0.3) is 5.57 Å². The molecule has 140 valence electrons. The lowest BCUT2D eigenvalue weighted by atomic mass is 9.97. The van der Waals surface area contributed by atoms with Crippen molar-refractivity contribution in [2.24, 2.45) is 0 Å². The molecular weight excluding hydrogens is 328 g/mol. The first kappa shape index (κ1) is 20.2. The molecule has 26 heavy (non-hydrogen) atoms. The molecule has 0 spiro atoms. The Balaban J connectivity index is 1.95. The van der Waals surface area contributed by atoms with E-state index in [1.54, 1.807) is 0 Å². The highest BCUT2D eigenvalue weighted by Crippen LogP contribution is 2.24. The van der Waals surface area contributed by atoms with Crippen molar-refractivity contribution in [3.8, 4) is 5.75 Å². The van der Waals surface area contributed by atoms with Gasteiger partial charge in [0.15, 0.2) is 0 Å². The van der Waals surface area contributed by atoms with Crippen molar-refractivity contribution in [3.05, 3.63) is 71.8 Å². The second-order valence-corrected chi connectivity index (χ2v) is 6.45. The maximum Gasteiger partial charge on any atom is 0.119 e. The maximum absolute atomic E-state index is 9.55. The number of ether oxygens (including phenoxy) is 1. The van der Waals surface area contributed by atoms with E-state index >= 15 is 0 Å². The van der Waals surface area contributed by atoms with Gasteiger partial charge >= 0.3 is 0 Å². The van der Waals surface area contributed by atoms with E-state index in [1.165, 1.54) is 0 Å². The third-order valence-electron chi connectivity index (χ3n) is 4.40. The summed E-state index contributed by atoms with van der Waals surface area (Å²) in [6.07, 6.45) is 0.837. The lowest BCUT2D eigenvalue weighted by molar-refractivity contribution is 0.0886. The molecule has 4 heteroatoms. The van der Waals surface area contributed by atoms with Gasteiger partial charge in [0.05, 0.1) is 18.8 Å². The summed E-state index contributed by atoms with van der Waals surface area (Å²) < 4.78 is 5.55. The topological polar surface area (TPSA) is 69.9 Å². The second kappa shape index (κ2) is 10.1. The van der Waals surface area contributed by atoms with E-state index in [4.69, 9.17) is 9.84 Å². The molecule has 0 aliphatic rings. The van der Waals surface area contributed by atoms with Gasteiger partial charge < -0.3 is 20.1 Å². The van der Waals surface area contributed by atoms with Crippen molar-refractivity contribution in [2.45, 2.75) is 38.4 Å². The van der Waals surface area contributed by atoms with Crippen molar-refractivity contribution >= 4 is 5.57 Å². The molecule has 3 N–H and O–H groups in total. The molecular formula is C22H28O4. The fourth-order valence-corrected chi connectivity index (χ4v) is 2.53. The fourth-order valence-electron chi connectivity index (χ4n) is 2.53. The summed E-state index contributed by atoms with van der Waals surface area (Å²) >= 11 is 0. The van der Waals surface area contributed by atoms with Gasteiger partial charge in [-0.1, -0.05) is 49.9 Å². The molecule has 2 aromatic rings. The highest BCUT2D eigenvalue weighted by atomic mass is 16.5. The largest absolute Gasteiger partial charge is 0.491 e. The number of aliphatic hydroxyl groups is 3. The summed E-state index contributed by atoms with van der Waals surface area (Å²) in [7, 11) is 0. The monoisotopic (exact) mass is 356 g/mol. The number of aliphatic hydroxyl groups excluding tert-OH is 3. The number of rotatable bonds is 10. The van der Waals surface area contributed by atoms with Crippen LogP contribution in [0.1, 0.15) is 36.5 Å². The molecule has 2 rings (SSSR count). The lowest BCUT2D eigenvalue weighted by Gasteiger charge is -2.12. The van der Waals surface area contributed by atoms with E-state index in [-0.39, 0.29) is 6.61 Å². The molecule has 0 fully saturated rings. The van der Waals surface area contributed by atoms with Crippen LogP contribution >= 0.6 is 0 Å². The third kappa shape index (κ3) is 5.99. The van der Waals surface area contributed by atoms with Gasteiger partial charge in [-0.05, 0) is 53.7 Å². The molecule has 2 aromatic carbocycles. The van der Waals surface area contributed by atoms with Gasteiger partial charge in [0.2, 0.25) is 0 Å². The Kier molecular flexibility index (Phi) is 7.85. The smallest absolute Gasteiger partial charge is 0.119 e. The minimum atomic E-state index is -0.663. The maximum atomic E-state index is 9.55. The Bertz CT molecular complexity index is 617. The molecule has 0 aromatic heterocycles. The van der Waals surface area contributed by atoms with E-state index in [0.717, 1.165) is 34.4 Å². The Hall–Kier alpha value is -2.14. The average Bonchev–Trinajstić information content (AvgIpc) is 2.70. The van der Waals surface area contributed by atoms with Gasteiger partial charge in [0.1, 0.15) is 12.4 Å². The number of hydrogen-bond donors (Lipinski definition) is 3. The second-order valence-electron chi connectivity index (χ2n) is 6.45. The van der Waals surface area contributed by atoms with Crippen LogP contribution in [0.2, 0.25) is 0 Å². The summed E-state index contributed by atoms with van der Waals surface area (Å²) in [5.41, 5.74) is 4.09. The molecule has 0 aliphatic carbocycles. The van der Waals surface area contributed by atoms with Gasteiger partial charge in [-0.2, -0.15) is 0 Å². The zero-order valence-corrected chi connectivity index (χ0v) is 15.3. The van der Waals surface area contributed by atoms with Crippen LogP contribution in [0.3, 0.4) is 0 Å². The zero-order chi connectivity index (χ0) is 18.9. The van der Waals surface area contributed by atoms with Gasteiger partial charge in [0.25, 0.3) is 0 Å². The third-order valence-corrected chi connectivity index (χ3v) is 4.40. The molecule has 0 saturated heterocycles. The van der Waals surface area contributed by atoms with Crippen molar-refractivity contribution in [1.82, 2.24) is 0 Å². The summed E-state index contributed by atoms with van der Waals surface area (Å²) in [5.74, 6) is 0.729. The van der Waals surface area contributed by atoms with Crippen molar-refractivity contribution in [1.29, 1.82) is 0 Å².